The van der Waals surface area contributed by atoms with Gasteiger partial charge in [-0.15, -0.1) is 0 Å². The molecular formula is C9H15NO3. The highest BCUT2D eigenvalue weighted by Gasteiger charge is 1.98. The monoisotopic (exact) mass is 185 g/mol. The van der Waals surface area contributed by atoms with Crippen LogP contribution in [0.3, 0.4) is 0 Å². The van der Waals surface area contributed by atoms with E-state index in [1.54, 1.807) is 13.8 Å². The van der Waals surface area contributed by atoms with Gasteiger partial charge in [0.05, 0.1) is 6.61 Å². The molecule has 4 nitrogen and oxygen atoms in total. The summed E-state index contributed by atoms with van der Waals surface area (Å²) in [5, 5.41) is 0. The zero-order valence-corrected chi connectivity index (χ0v) is 8.00. The first kappa shape index (κ1) is 14.0. The van der Waals surface area contributed by atoms with Gasteiger partial charge in [-0.1, -0.05) is 13.2 Å². The third-order valence-corrected chi connectivity index (χ3v) is 0.825. The van der Waals surface area contributed by atoms with Crippen LogP contribution in [0.4, 0.5) is 0 Å². The molecule has 0 aliphatic rings. The zero-order valence-electron chi connectivity index (χ0n) is 8.00. The predicted octanol–water partition coefficient (Wildman–Crippen LogP) is 0.783. The van der Waals surface area contributed by atoms with Gasteiger partial charge >= 0.3 is 5.97 Å². The van der Waals surface area contributed by atoms with Crippen molar-refractivity contribution in [3.8, 4) is 0 Å². The Hall–Kier alpha value is -1.58. The molecule has 0 aromatic carbocycles. The average Bonchev–Trinajstić information content (AvgIpc) is 2.06. The fourth-order valence-corrected chi connectivity index (χ4v) is 0.254. The summed E-state index contributed by atoms with van der Waals surface area (Å²) >= 11 is 0. The molecule has 0 unspecified atom stereocenters. The van der Waals surface area contributed by atoms with E-state index in [-0.39, 0.29) is 5.97 Å². The highest BCUT2D eigenvalue weighted by molar-refractivity contribution is 5.86. The van der Waals surface area contributed by atoms with Gasteiger partial charge in [-0.2, -0.15) is 0 Å². The number of hydrogen-bond acceptors (Lipinski definition) is 3. The van der Waals surface area contributed by atoms with Crippen molar-refractivity contribution in [3.05, 3.63) is 24.8 Å². The van der Waals surface area contributed by atoms with Gasteiger partial charge in [0.25, 0.3) is 0 Å². The smallest absolute Gasteiger partial charge is 0.333 e. The number of hydrogen-bond donors (Lipinski definition) is 1. The molecule has 13 heavy (non-hydrogen) atoms. The number of ether oxygens (including phenoxy) is 1. The molecule has 1 amide bonds. The van der Waals surface area contributed by atoms with Crippen LogP contribution in [0.5, 0.6) is 0 Å². The van der Waals surface area contributed by atoms with Crippen LogP contribution in [0, 0.1) is 0 Å². The van der Waals surface area contributed by atoms with E-state index in [4.69, 9.17) is 0 Å². The van der Waals surface area contributed by atoms with E-state index in [0.717, 1.165) is 6.08 Å². The Bertz CT molecular complexity index is 209. The van der Waals surface area contributed by atoms with Crippen molar-refractivity contribution in [3.63, 3.8) is 0 Å². The van der Waals surface area contributed by atoms with Gasteiger partial charge in [0.2, 0.25) is 5.91 Å². The first-order valence-corrected chi connectivity index (χ1v) is 3.70. The summed E-state index contributed by atoms with van der Waals surface area (Å²) in [6.45, 7) is 10.3. The van der Waals surface area contributed by atoms with Crippen molar-refractivity contribution in [1.29, 1.82) is 0 Å². The van der Waals surface area contributed by atoms with Crippen LogP contribution < -0.4 is 5.73 Å². The number of nitrogens with two attached hydrogens (primary N) is 1. The summed E-state index contributed by atoms with van der Waals surface area (Å²) in [7, 11) is 0. The molecule has 0 atom stereocenters. The number of carbonyl (C=O) groups excluding carboxylic acids is 2. The van der Waals surface area contributed by atoms with Crippen LogP contribution in [0.25, 0.3) is 0 Å². The van der Waals surface area contributed by atoms with Crippen molar-refractivity contribution in [1.82, 2.24) is 0 Å². The molecule has 0 rings (SSSR count). The number of amides is 1. The lowest BCUT2D eigenvalue weighted by molar-refractivity contribution is -0.138. The minimum absolute atomic E-state index is 0.312. The molecule has 0 aromatic rings. The quantitative estimate of drug-likeness (QED) is 0.522. The largest absolute Gasteiger partial charge is 0.463 e. The predicted molar refractivity (Wildman–Crippen MR) is 50.8 cm³/mol. The van der Waals surface area contributed by atoms with Crippen LogP contribution >= 0.6 is 0 Å². The van der Waals surface area contributed by atoms with Crippen LogP contribution in [0.1, 0.15) is 13.8 Å². The number of rotatable bonds is 3. The minimum Gasteiger partial charge on any atom is -0.463 e. The van der Waals surface area contributed by atoms with Crippen LogP contribution in [-0.2, 0) is 14.3 Å². The van der Waals surface area contributed by atoms with E-state index in [1.165, 1.54) is 0 Å². The van der Waals surface area contributed by atoms with Gasteiger partial charge in [-0.25, -0.2) is 4.79 Å². The fraction of sp³-hybridized carbons (Fsp3) is 0.333. The zero-order chi connectivity index (χ0) is 10.9. The highest BCUT2D eigenvalue weighted by atomic mass is 16.5. The van der Waals surface area contributed by atoms with Crippen LogP contribution in [0.15, 0.2) is 24.8 Å². The Labute approximate surface area is 78.1 Å². The van der Waals surface area contributed by atoms with E-state index in [1.807, 2.05) is 0 Å². The summed E-state index contributed by atoms with van der Waals surface area (Å²) in [5.41, 5.74) is 4.99. The maximum atomic E-state index is 10.4. The molecule has 4 heteroatoms. The third kappa shape index (κ3) is 13.4. The van der Waals surface area contributed by atoms with E-state index in [9.17, 15) is 9.59 Å². The lowest BCUT2D eigenvalue weighted by Crippen LogP contribution is -2.04. The molecule has 0 fully saturated rings. The summed E-state index contributed by atoms with van der Waals surface area (Å²) in [4.78, 5) is 19.9. The normalized spacial score (nSPS) is 7.54. The van der Waals surface area contributed by atoms with Crippen molar-refractivity contribution in [2.75, 3.05) is 6.61 Å². The first-order chi connectivity index (χ1) is 5.95. The molecule has 0 heterocycles. The Morgan fingerprint density at radius 2 is 1.92 bits per heavy atom. The summed E-state index contributed by atoms with van der Waals surface area (Å²) < 4.78 is 4.56. The average molecular weight is 185 g/mol. The van der Waals surface area contributed by atoms with Crippen molar-refractivity contribution in [2.24, 2.45) is 5.73 Å². The van der Waals surface area contributed by atoms with E-state index < -0.39 is 5.91 Å². The van der Waals surface area contributed by atoms with Gasteiger partial charge in [0, 0.05) is 5.57 Å². The third-order valence-electron chi connectivity index (χ3n) is 0.825. The van der Waals surface area contributed by atoms with E-state index in [2.05, 4.69) is 23.6 Å². The maximum Gasteiger partial charge on any atom is 0.333 e. The van der Waals surface area contributed by atoms with Crippen LogP contribution in [-0.4, -0.2) is 18.5 Å². The molecule has 2 N–H and O–H groups in total. The molecule has 0 radical (unpaired) electrons. The van der Waals surface area contributed by atoms with Crippen LogP contribution in [0.2, 0.25) is 0 Å². The highest BCUT2D eigenvalue weighted by Crippen LogP contribution is 1.89. The molecule has 0 spiro atoms. The Morgan fingerprint density at radius 1 is 1.54 bits per heavy atom. The summed E-state index contributed by atoms with van der Waals surface area (Å²) in [5.74, 6) is -0.794. The molecular weight excluding hydrogens is 170 g/mol. The molecule has 0 aliphatic heterocycles. The fourth-order valence-electron chi connectivity index (χ4n) is 0.254. The number of carbonyl (C=O) groups is 2. The summed E-state index contributed by atoms with van der Waals surface area (Å²) in [6.07, 6.45) is 1.06. The minimum atomic E-state index is -0.481. The lowest BCUT2D eigenvalue weighted by atomic mass is 10.4. The van der Waals surface area contributed by atoms with Gasteiger partial charge in [-0.3, -0.25) is 4.79 Å². The second-order valence-electron chi connectivity index (χ2n) is 2.11. The molecule has 74 valence electrons. The Morgan fingerprint density at radius 3 is 2.00 bits per heavy atom. The standard InChI is InChI=1S/C6H10O2.C3H5NO/c1-4-8-6(7)5(2)3;1-2-3(4)5/h2,4H2,1,3H3;2H,1H2,(H2,4,5). The summed E-state index contributed by atoms with van der Waals surface area (Å²) in [6, 6.07) is 0. The van der Waals surface area contributed by atoms with Gasteiger partial charge in [0.1, 0.15) is 0 Å². The second kappa shape index (κ2) is 8.52. The maximum absolute atomic E-state index is 10.4. The molecule has 0 bridgehead atoms. The second-order valence-corrected chi connectivity index (χ2v) is 2.11. The molecule has 0 saturated heterocycles. The lowest BCUT2D eigenvalue weighted by Gasteiger charge is -1.96. The number of primary amides is 1. The number of esters is 1. The molecule has 0 saturated carbocycles. The Kier molecular flexibility index (Phi) is 9.15. The molecule has 0 aromatic heterocycles. The van der Waals surface area contributed by atoms with Crippen molar-refractivity contribution >= 4 is 11.9 Å². The van der Waals surface area contributed by atoms with Gasteiger partial charge in [0.15, 0.2) is 0 Å². The van der Waals surface area contributed by atoms with E-state index in [0.29, 0.717) is 12.2 Å². The SMILES string of the molecule is C=C(C)C(=O)OCC.C=CC(N)=O. The van der Waals surface area contributed by atoms with Crippen molar-refractivity contribution < 1.29 is 14.3 Å². The Balaban J connectivity index is 0. The topological polar surface area (TPSA) is 69.4 Å². The first-order valence-electron chi connectivity index (χ1n) is 3.70. The van der Waals surface area contributed by atoms with E-state index >= 15 is 0 Å². The molecule has 0 aliphatic carbocycles. The van der Waals surface area contributed by atoms with Gasteiger partial charge in [-0.05, 0) is 19.9 Å². The van der Waals surface area contributed by atoms with Crippen molar-refractivity contribution in [2.45, 2.75) is 13.8 Å². The van der Waals surface area contributed by atoms with Gasteiger partial charge < -0.3 is 10.5 Å².